The van der Waals surface area contributed by atoms with Gasteiger partial charge in [0, 0.05) is 41.8 Å². The standard InChI is InChI=1S/C21H24N3O/c1-14-5-3-6-15(2)24(14)13-16-8-9-19-17(11-16)12-20(23-19)18-7-4-10-22-21(18)25/h7-12,14-15,23H,3,5-6,13H2,1-2H3,(H,22,25). The van der Waals surface area contributed by atoms with Crippen LogP contribution in [0, 0.1) is 6.07 Å². The fourth-order valence-corrected chi connectivity index (χ4v) is 4.00. The van der Waals surface area contributed by atoms with Crippen LogP contribution in [0.3, 0.4) is 0 Å². The fourth-order valence-electron chi connectivity index (χ4n) is 4.00. The Bertz CT molecular complexity index is 929. The van der Waals surface area contributed by atoms with Gasteiger partial charge < -0.3 is 9.97 Å². The van der Waals surface area contributed by atoms with E-state index >= 15 is 0 Å². The molecule has 25 heavy (non-hydrogen) atoms. The summed E-state index contributed by atoms with van der Waals surface area (Å²) in [4.78, 5) is 20.6. The molecule has 2 atom stereocenters. The summed E-state index contributed by atoms with van der Waals surface area (Å²) in [6.45, 7) is 5.65. The number of aromatic amines is 2. The summed E-state index contributed by atoms with van der Waals surface area (Å²) in [6.07, 6.45) is 5.44. The molecule has 1 aliphatic rings. The Morgan fingerprint density at radius 3 is 2.76 bits per heavy atom. The van der Waals surface area contributed by atoms with Crippen molar-refractivity contribution in [2.45, 2.75) is 51.7 Å². The minimum atomic E-state index is -0.0958. The van der Waals surface area contributed by atoms with Gasteiger partial charge >= 0.3 is 0 Å². The van der Waals surface area contributed by atoms with E-state index < -0.39 is 0 Å². The lowest BCUT2D eigenvalue weighted by molar-refractivity contribution is 0.0953. The number of fused-ring (bicyclic) bond motifs is 1. The Hall–Kier alpha value is -2.33. The molecule has 3 heterocycles. The Kier molecular flexibility index (Phi) is 4.22. The van der Waals surface area contributed by atoms with Crippen molar-refractivity contribution in [1.82, 2.24) is 14.9 Å². The van der Waals surface area contributed by atoms with Crippen LogP contribution >= 0.6 is 0 Å². The second-order valence-electron chi connectivity index (χ2n) is 7.25. The predicted octanol–water partition coefficient (Wildman–Crippen LogP) is 4.09. The van der Waals surface area contributed by atoms with Gasteiger partial charge in [-0.2, -0.15) is 0 Å². The number of aromatic nitrogens is 2. The van der Waals surface area contributed by atoms with Gasteiger partial charge in [0.15, 0.2) is 0 Å². The number of pyridine rings is 1. The Morgan fingerprint density at radius 1 is 1.20 bits per heavy atom. The van der Waals surface area contributed by atoms with Crippen LogP contribution in [0.25, 0.3) is 22.2 Å². The van der Waals surface area contributed by atoms with Crippen LogP contribution in [0.1, 0.15) is 38.7 Å². The van der Waals surface area contributed by atoms with Crippen molar-refractivity contribution < 1.29 is 0 Å². The van der Waals surface area contributed by atoms with Crippen molar-refractivity contribution in [1.29, 1.82) is 0 Å². The highest BCUT2D eigenvalue weighted by molar-refractivity contribution is 5.86. The van der Waals surface area contributed by atoms with E-state index in [0.717, 1.165) is 23.1 Å². The molecule has 0 bridgehead atoms. The number of nitrogens with zero attached hydrogens (tertiary/aromatic N) is 1. The largest absolute Gasteiger partial charge is 0.354 e. The summed E-state index contributed by atoms with van der Waals surface area (Å²) in [5.41, 5.74) is 3.75. The molecule has 2 aromatic heterocycles. The topological polar surface area (TPSA) is 51.9 Å². The van der Waals surface area contributed by atoms with Crippen molar-refractivity contribution in [3.05, 3.63) is 58.5 Å². The van der Waals surface area contributed by atoms with E-state index in [1.54, 1.807) is 6.07 Å². The van der Waals surface area contributed by atoms with Gasteiger partial charge in [-0.15, -0.1) is 0 Å². The molecular formula is C21H24N3O. The molecular weight excluding hydrogens is 310 g/mol. The van der Waals surface area contributed by atoms with Crippen LogP contribution in [0.2, 0.25) is 0 Å². The summed E-state index contributed by atoms with van der Waals surface area (Å²) in [6, 6.07) is 14.5. The van der Waals surface area contributed by atoms with Gasteiger partial charge in [-0.05, 0) is 56.5 Å². The first-order chi connectivity index (χ1) is 12.1. The molecule has 1 aromatic carbocycles. The van der Waals surface area contributed by atoms with E-state index in [4.69, 9.17) is 0 Å². The smallest absolute Gasteiger partial charge is 0.257 e. The number of rotatable bonds is 3. The maximum absolute atomic E-state index is 12.0. The van der Waals surface area contributed by atoms with Gasteiger partial charge in [-0.1, -0.05) is 12.5 Å². The second kappa shape index (κ2) is 6.52. The van der Waals surface area contributed by atoms with E-state index in [1.807, 2.05) is 0 Å². The average molecular weight is 334 g/mol. The third kappa shape index (κ3) is 3.14. The van der Waals surface area contributed by atoms with E-state index in [1.165, 1.54) is 31.0 Å². The molecule has 0 amide bonds. The van der Waals surface area contributed by atoms with Crippen molar-refractivity contribution >= 4 is 10.9 Å². The third-order valence-corrected chi connectivity index (χ3v) is 5.48. The monoisotopic (exact) mass is 334 g/mol. The Morgan fingerprint density at radius 2 is 2.00 bits per heavy atom. The van der Waals surface area contributed by atoms with Crippen LogP contribution in [0.15, 0.2) is 41.3 Å². The highest BCUT2D eigenvalue weighted by Gasteiger charge is 2.24. The lowest BCUT2D eigenvalue weighted by atomic mass is 9.96. The molecule has 0 saturated carbocycles. The summed E-state index contributed by atoms with van der Waals surface area (Å²) < 4.78 is 0. The molecule has 1 saturated heterocycles. The molecule has 1 radical (unpaired) electrons. The SMILES string of the molecule is CC1CCCC(C)N1Cc1ccc2[nH]c(-c3c[c]c[nH]c3=O)cc2c1. The first kappa shape index (κ1) is 16.2. The molecule has 4 rings (SSSR count). The lowest BCUT2D eigenvalue weighted by Crippen LogP contribution is -2.42. The summed E-state index contributed by atoms with van der Waals surface area (Å²) >= 11 is 0. The molecule has 4 nitrogen and oxygen atoms in total. The first-order valence-corrected chi connectivity index (χ1v) is 9.08. The minimum absolute atomic E-state index is 0.0958. The number of hydrogen-bond donors (Lipinski definition) is 2. The van der Waals surface area contributed by atoms with Gasteiger partial charge in [0.25, 0.3) is 5.56 Å². The zero-order valence-corrected chi connectivity index (χ0v) is 14.8. The van der Waals surface area contributed by atoms with Crippen molar-refractivity contribution in [2.24, 2.45) is 0 Å². The molecule has 4 heteroatoms. The number of nitrogens with one attached hydrogen (secondary N) is 2. The van der Waals surface area contributed by atoms with E-state index in [0.29, 0.717) is 17.6 Å². The average Bonchev–Trinajstić information content (AvgIpc) is 3.01. The zero-order chi connectivity index (χ0) is 17.4. The minimum Gasteiger partial charge on any atom is -0.354 e. The zero-order valence-electron chi connectivity index (χ0n) is 14.8. The molecule has 2 unspecified atom stereocenters. The molecule has 0 aliphatic carbocycles. The van der Waals surface area contributed by atoms with Crippen molar-refractivity contribution in [3.8, 4) is 11.3 Å². The molecule has 0 spiro atoms. The third-order valence-electron chi connectivity index (χ3n) is 5.48. The Balaban J connectivity index is 1.64. The number of likely N-dealkylation sites (tertiary alicyclic amines) is 1. The summed E-state index contributed by atoms with van der Waals surface area (Å²) in [5.74, 6) is 0. The van der Waals surface area contributed by atoms with Crippen molar-refractivity contribution in [3.63, 3.8) is 0 Å². The molecule has 3 aromatic rings. The van der Waals surface area contributed by atoms with Gasteiger partial charge in [0.2, 0.25) is 0 Å². The molecule has 1 aliphatic heterocycles. The highest BCUT2D eigenvalue weighted by Crippen LogP contribution is 2.27. The predicted molar refractivity (Wildman–Crippen MR) is 102 cm³/mol. The highest BCUT2D eigenvalue weighted by atomic mass is 16.1. The van der Waals surface area contributed by atoms with Gasteiger partial charge in [-0.25, -0.2) is 0 Å². The number of hydrogen-bond acceptors (Lipinski definition) is 2. The van der Waals surface area contributed by atoms with Crippen LogP contribution in [-0.4, -0.2) is 27.0 Å². The Labute approximate surface area is 147 Å². The maximum atomic E-state index is 12.0. The quantitative estimate of drug-likeness (QED) is 0.758. The molecule has 2 N–H and O–H groups in total. The normalized spacial score (nSPS) is 21.7. The van der Waals surface area contributed by atoms with Gasteiger partial charge in [-0.3, -0.25) is 9.69 Å². The fraction of sp³-hybridized carbons (Fsp3) is 0.381. The van der Waals surface area contributed by atoms with Crippen LogP contribution in [0.4, 0.5) is 0 Å². The van der Waals surface area contributed by atoms with Crippen LogP contribution in [-0.2, 0) is 6.54 Å². The number of piperidine rings is 1. The second-order valence-corrected chi connectivity index (χ2v) is 7.25. The van der Waals surface area contributed by atoms with Gasteiger partial charge in [0.05, 0.1) is 11.3 Å². The maximum Gasteiger partial charge on any atom is 0.257 e. The van der Waals surface area contributed by atoms with Crippen molar-refractivity contribution in [2.75, 3.05) is 0 Å². The van der Waals surface area contributed by atoms with Crippen LogP contribution < -0.4 is 5.56 Å². The number of H-pyrrole nitrogens is 2. The lowest BCUT2D eigenvalue weighted by Gasteiger charge is -2.39. The molecule has 1 fully saturated rings. The van der Waals surface area contributed by atoms with E-state index in [-0.39, 0.29) is 5.56 Å². The van der Waals surface area contributed by atoms with E-state index in [2.05, 4.69) is 59.0 Å². The van der Waals surface area contributed by atoms with Gasteiger partial charge in [0.1, 0.15) is 0 Å². The first-order valence-electron chi connectivity index (χ1n) is 9.08. The summed E-state index contributed by atoms with van der Waals surface area (Å²) in [5, 5.41) is 1.15. The van der Waals surface area contributed by atoms with Crippen LogP contribution in [0.5, 0.6) is 0 Å². The molecule has 129 valence electrons. The number of benzene rings is 1. The van der Waals surface area contributed by atoms with E-state index in [9.17, 15) is 4.79 Å². The summed E-state index contributed by atoms with van der Waals surface area (Å²) in [7, 11) is 0.